The van der Waals surface area contributed by atoms with Crippen molar-refractivity contribution < 1.29 is 0 Å². The predicted octanol–water partition coefficient (Wildman–Crippen LogP) is 5.17. The van der Waals surface area contributed by atoms with Gasteiger partial charge >= 0.3 is 116 Å². The second kappa shape index (κ2) is 5.68. The molecule has 0 saturated carbocycles. The second-order valence-corrected chi connectivity index (χ2v) is 42.0. The van der Waals surface area contributed by atoms with Crippen LogP contribution in [0, 0.1) is 0 Å². The van der Waals surface area contributed by atoms with Crippen LogP contribution in [0.25, 0.3) is 6.08 Å². The second-order valence-electron chi connectivity index (χ2n) is 7.04. The zero-order chi connectivity index (χ0) is 13.3. The van der Waals surface area contributed by atoms with Crippen molar-refractivity contribution in [3.63, 3.8) is 0 Å². The molecule has 0 aliphatic heterocycles. The Bertz CT molecular complexity index is 363. The van der Waals surface area contributed by atoms with Gasteiger partial charge in [-0.2, -0.15) is 0 Å². The molecule has 0 unspecified atom stereocenters. The van der Waals surface area contributed by atoms with E-state index in [0.717, 1.165) is 1.95 Å². The summed E-state index contributed by atoms with van der Waals surface area (Å²) < 4.78 is 0.970. The zero-order valence-electron chi connectivity index (χ0n) is 12.2. The molecule has 0 amide bonds. The third-order valence-corrected chi connectivity index (χ3v) is 48.2. The first-order chi connectivity index (χ1) is 7.66. The van der Waals surface area contributed by atoms with E-state index in [0.29, 0.717) is 0 Å². The van der Waals surface area contributed by atoms with E-state index in [2.05, 4.69) is 60.5 Å². The minimum absolute atomic E-state index is 0.970. The summed E-state index contributed by atoms with van der Waals surface area (Å²) in [5.74, 6) is 0. The fourth-order valence-corrected chi connectivity index (χ4v) is 67.1. The third kappa shape index (κ3) is 4.30. The van der Waals surface area contributed by atoms with E-state index in [1.165, 1.54) is 5.56 Å². The summed E-state index contributed by atoms with van der Waals surface area (Å²) in [5, 5.41) is 0. The van der Waals surface area contributed by atoms with Gasteiger partial charge in [-0.3, -0.25) is 0 Å². The van der Waals surface area contributed by atoms with Crippen molar-refractivity contribution in [3.8, 4) is 0 Å². The van der Waals surface area contributed by atoms with Gasteiger partial charge in [0, 0.05) is 0 Å². The standard InChI is InChI=1S/C9H8.6CH3.2Sn/c1-3-9-6-4-8(2)5-7-9;;;;;;;;/h2-7H,1H2;6*1H3;;. The Kier molecular flexibility index (Phi) is 5.22. The third-order valence-electron chi connectivity index (χ3n) is 3.24. The van der Waals surface area contributed by atoms with Crippen molar-refractivity contribution in [2.75, 3.05) is 0 Å². The average Bonchev–Trinajstić information content (AvgIpc) is 2.14. The molecule has 0 nitrogen and oxygen atoms in total. The van der Waals surface area contributed by atoms with Gasteiger partial charge in [-0.25, -0.2) is 0 Å². The van der Waals surface area contributed by atoms with Crippen LogP contribution in [0.1, 0.15) is 13.1 Å². The molecular weight excluding hydrogens is 418 g/mol. The molecule has 0 N–H and O–H groups in total. The van der Waals surface area contributed by atoms with E-state index >= 15 is 0 Å². The van der Waals surface area contributed by atoms with Gasteiger partial charge in [0.05, 0.1) is 0 Å². The SMILES string of the molecule is C=Cc1ccc([CH]([Sn]([CH3])([CH3])[CH3])[Sn]([CH3])([CH3])[CH3])cc1. The molecule has 17 heavy (non-hydrogen) atoms. The van der Waals surface area contributed by atoms with Gasteiger partial charge in [0.1, 0.15) is 0 Å². The van der Waals surface area contributed by atoms with E-state index in [4.69, 9.17) is 0 Å². The molecule has 0 radical (unpaired) electrons. The fourth-order valence-electron chi connectivity index (χ4n) is 3.12. The quantitative estimate of drug-likeness (QED) is 0.563. The Morgan fingerprint density at radius 1 is 0.882 bits per heavy atom. The predicted molar refractivity (Wildman–Crippen MR) is 86.0 cm³/mol. The normalized spacial score (nSPS) is 12.9. The average molecular weight is 444 g/mol. The Balaban J connectivity index is 3.19. The van der Waals surface area contributed by atoms with Crippen LogP contribution in [-0.2, 0) is 0 Å². The number of hydrogen-bond acceptors (Lipinski definition) is 0. The number of benzene rings is 1. The summed E-state index contributed by atoms with van der Waals surface area (Å²) in [5.41, 5.74) is 2.85. The molecule has 1 aromatic rings. The zero-order valence-corrected chi connectivity index (χ0v) is 17.9. The van der Waals surface area contributed by atoms with E-state index < -0.39 is 36.8 Å². The van der Waals surface area contributed by atoms with Crippen molar-refractivity contribution in [1.29, 1.82) is 0 Å². The first-order valence-electron chi connectivity index (χ1n) is 6.38. The monoisotopic (exact) mass is 446 g/mol. The first-order valence-corrected chi connectivity index (χ1v) is 26.8. The number of hydrogen-bond donors (Lipinski definition) is 0. The van der Waals surface area contributed by atoms with E-state index in [-0.39, 0.29) is 0 Å². The maximum atomic E-state index is 3.83. The minimum atomic E-state index is -1.88. The van der Waals surface area contributed by atoms with Crippen LogP contribution in [0.3, 0.4) is 0 Å². The Morgan fingerprint density at radius 2 is 1.29 bits per heavy atom. The van der Waals surface area contributed by atoms with Gasteiger partial charge in [0.25, 0.3) is 0 Å². The van der Waals surface area contributed by atoms with Crippen LogP contribution in [0.5, 0.6) is 0 Å². The van der Waals surface area contributed by atoms with Crippen molar-refractivity contribution in [2.24, 2.45) is 0 Å². The van der Waals surface area contributed by atoms with Crippen LogP contribution < -0.4 is 0 Å². The fraction of sp³-hybridized carbons (Fsp3) is 0.467. The molecule has 1 aromatic carbocycles. The van der Waals surface area contributed by atoms with Crippen LogP contribution in [0.4, 0.5) is 0 Å². The van der Waals surface area contributed by atoms with Crippen LogP contribution in [-0.4, -0.2) is 36.8 Å². The molecule has 0 saturated heterocycles. The molecular formula is C15H26Sn2. The molecule has 0 aliphatic carbocycles. The maximum absolute atomic E-state index is 3.83. The van der Waals surface area contributed by atoms with Crippen molar-refractivity contribution in [2.45, 2.75) is 31.6 Å². The molecule has 0 heterocycles. The molecule has 0 fully saturated rings. The van der Waals surface area contributed by atoms with E-state index in [1.54, 1.807) is 5.56 Å². The van der Waals surface area contributed by atoms with Gasteiger partial charge in [-0.05, 0) is 0 Å². The molecule has 0 spiro atoms. The van der Waals surface area contributed by atoms with E-state index in [9.17, 15) is 0 Å². The van der Waals surface area contributed by atoms with Gasteiger partial charge in [0.15, 0.2) is 0 Å². The topological polar surface area (TPSA) is 0 Å². The molecule has 0 bridgehead atoms. The van der Waals surface area contributed by atoms with Gasteiger partial charge in [0.2, 0.25) is 0 Å². The summed E-state index contributed by atoms with van der Waals surface area (Å²) >= 11 is -3.77. The van der Waals surface area contributed by atoms with Crippen molar-refractivity contribution in [1.82, 2.24) is 0 Å². The van der Waals surface area contributed by atoms with Crippen molar-refractivity contribution >= 4 is 42.8 Å². The number of rotatable bonds is 4. The molecule has 0 aliphatic rings. The van der Waals surface area contributed by atoms with Crippen molar-refractivity contribution in [3.05, 3.63) is 42.0 Å². The molecule has 94 valence electrons. The van der Waals surface area contributed by atoms with Gasteiger partial charge in [-0.1, -0.05) is 0 Å². The molecule has 1 rings (SSSR count). The Morgan fingerprint density at radius 3 is 1.59 bits per heavy atom. The van der Waals surface area contributed by atoms with Gasteiger partial charge in [-0.15, -0.1) is 0 Å². The first kappa shape index (κ1) is 15.6. The van der Waals surface area contributed by atoms with Gasteiger partial charge < -0.3 is 0 Å². The Hall–Kier alpha value is 0.557. The van der Waals surface area contributed by atoms with Crippen LogP contribution in [0.2, 0.25) is 29.6 Å². The molecule has 2 heteroatoms. The molecule has 0 atom stereocenters. The van der Waals surface area contributed by atoms with Crippen LogP contribution >= 0.6 is 0 Å². The summed E-state index contributed by atoms with van der Waals surface area (Å²) in [7, 11) is 0. The van der Waals surface area contributed by atoms with Crippen LogP contribution in [0.15, 0.2) is 30.8 Å². The summed E-state index contributed by atoms with van der Waals surface area (Å²) in [6.07, 6.45) is 1.93. The van der Waals surface area contributed by atoms with E-state index in [1.807, 2.05) is 6.08 Å². The Labute approximate surface area is 115 Å². The summed E-state index contributed by atoms with van der Waals surface area (Å²) in [6.45, 7) is 3.83. The summed E-state index contributed by atoms with van der Waals surface area (Å²) in [4.78, 5) is 15.5. The molecule has 0 aromatic heterocycles. The summed E-state index contributed by atoms with van der Waals surface area (Å²) in [6, 6.07) is 9.16.